The Morgan fingerprint density at radius 3 is 2.43 bits per heavy atom. The van der Waals surface area contributed by atoms with Crippen LogP contribution >= 0.6 is 23.2 Å². The second-order valence-electron chi connectivity index (χ2n) is 4.44. The highest BCUT2D eigenvalue weighted by atomic mass is 35.5. The molecule has 1 amide bonds. The van der Waals surface area contributed by atoms with Crippen LogP contribution in [0.25, 0.3) is 0 Å². The number of halogens is 2. The molecule has 7 heteroatoms. The van der Waals surface area contributed by atoms with Gasteiger partial charge in [-0.1, -0.05) is 35.3 Å². The first-order valence-electron chi connectivity index (χ1n) is 6.48. The Hall–Kier alpha value is -2.37. The van der Waals surface area contributed by atoms with Crippen molar-refractivity contribution in [3.05, 3.63) is 69.2 Å². The summed E-state index contributed by atoms with van der Waals surface area (Å²) >= 11 is 11.7. The summed E-state index contributed by atoms with van der Waals surface area (Å²) in [6.45, 7) is 0. The Morgan fingerprint density at radius 1 is 1.13 bits per heavy atom. The molecular formula is C16H12Cl2N2O3. The number of carbonyl (C=O) groups is 2. The Bertz CT molecular complexity index is 758. The standard InChI is InChI=1S/C16H12Cl2N2O3/c1-23-16(22)11-4-2-10(3-5-11)9-19-20-15(21)13-7-6-12(17)8-14(13)18/h2-9H,1H3,(H,20,21)/b19-9+. The van der Waals surface area contributed by atoms with Crippen LogP contribution in [0.4, 0.5) is 0 Å². The number of rotatable bonds is 4. The molecule has 0 aromatic heterocycles. The van der Waals surface area contributed by atoms with Gasteiger partial charge in [-0.05, 0) is 35.9 Å². The summed E-state index contributed by atoms with van der Waals surface area (Å²) in [6, 6.07) is 11.1. The van der Waals surface area contributed by atoms with Crippen LogP contribution in [-0.4, -0.2) is 25.2 Å². The summed E-state index contributed by atoms with van der Waals surface area (Å²) < 4.78 is 4.61. The van der Waals surface area contributed by atoms with Crippen LogP contribution in [-0.2, 0) is 4.74 Å². The second kappa shape index (κ2) is 7.76. The number of hydrogen-bond donors (Lipinski definition) is 1. The highest BCUT2D eigenvalue weighted by Gasteiger charge is 2.09. The van der Waals surface area contributed by atoms with Crippen molar-refractivity contribution in [1.29, 1.82) is 0 Å². The zero-order valence-corrected chi connectivity index (χ0v) is 13.6. The third kappa shape index (κ3) is 4.55. The number of benzene rings is 2. The fourth-order valence-corrected chi connectivity index (χ4v) is 2.22. The van der Waals surface area contributed by atoms with Gasteiger partial charge in [0.2, 0.25) is 0 Å². The largest absolute Gasteiger partial charge is 0.465 e. The lowest BCUT2D eigenvalue weighted by molar-refractivity contribution is 0.0600. The number of esters is 1. The summed E-state index contributed by atoms with van der Waals surface area (Å²) in [7, 11) is 1.31. The minimum Gasteiger partial charge on any atom is -0.465 e. The van der Waals surface area contributed by atoms with Gasteiger partial charge in [0.25, 0.3) is 5.91 Å². The quantitative estimate of drug-likeness (QED) is 0.520. The van der Waals surface area contributed by atoms with E-state index in [1.807, 2.05) is 0 Å². The van der Waals surface area contributed by atoms with Crippen LogP contribution in [0.3, 0.4) is 0 Å². The first-order valence-corrected chi connectivity index (χ1v) is 7.23. The maximum atomic E-state index is 11.9. The average Bonchev–Trinajstić information content (AvgIpc) is 2.54. The monoisotopic (exact) mass is 350 g/mol. The van der Waals surface area contributed by atoms with Gasteiger partial charge in [0, 0.05) is 5.02 Å². The Labute approximate surface area is 142 Å². The van der Waals surface area contributed by atoms with E-state index < -0.39 is 11.9 Å². The van der Waals surface area contributed by atoms with Gasteiger partial charge in [-0.15, -0.1) is 0 Å². The molecule has 1 N–H and O–H groups in total. The van der Waals surface area contributed by atoms with Crippen molar-refractivity contribution in [3.8, 4) is 0 Å². The molecule has 2 aromatic carbocycles. The highest BCUT2D eigenvalue weighted by molar-refractivity contribution is 6.36. The zero-order chi connectivity index (χ0) is 16.8. The molecule has 118 valence electrons. The molecule has 0 spiro atoms. The van der Waals surface area contributed by atoms with Gasteiger partial charge >= 0.3 is 5.97 Å². The van der Waals surface area contributed by atoms with Gasteiger partial charge in [-0.3, -0.25) is 4.79 Å². The molecule has 5 nitrogen and oxygen atoms in total. The van der Waals surface area contributed by atoms with Gasteiger partial charge < -0.3 is 4.74 Å². The van der Waals surface area contributed by atoms with Crippen molar-refractivity contribution in [2.75, 3.05) is 7.11 Å². The summed E-state index contributed by atoms with van der Waals surface area (Å²) in [5.41, 5.74) is 3.78. The third-order valence-corrected chi connectivity index (χ3v) is 3.44. The Balaban J connectivity index is 2.01. The number of amides is 1. The van der Waals surface area contributed by atoms with Crippen LogP contribution in [0.2, 0.25) is 10.0 Å². The van der Waals surface area contributed by atoms with Gasteiger partial charge in [0.15, 0.2) is 0 Å². The lowest BCUT2D eigenvalue weighted by Crippen LogP contribution is -2.18. The van der Waals surface area contributed by atoms with E-state index in [-0.39, 0.29) is 10.6 Å². The first-order chi connectivity index (χ1) is 11.0. The zero-order valence-electron chi connectivity index (χ0n) is 12.0. The van der Waals surface area contributed by atoms with Crippen molar-refractivity contribution in [3.63, 3.8) is 0 Å². The van der Waals surface area contributed by atoms with Gasteiger partial charge in [0.1, 0.15) is 0 Å². The molecule has 0 aliphatic rings. The molecule has 0 saturated carbocycles. The third-order valence-electron chi connectivity index (χ3n) is 2.89. The summed E-state index contributed by atoms with van der Waals surface area (Å²) in [6.07, 6.45) is 1.45. The number of methoxy groups -OCH3 is 1. The van der Waals surface area contributed by atoms with Crippen molar-refractivity contribution in [2.45, 2.75) is 0 Å². The number of hydrogen-bond acceptors (Lipinski definition) is 4. The first kappa shape index (κ1) is 17.0. The van der Waals surface area contributed by atoms with Crippen LogP contribution in [0.1, 0.15) is 26.3 Å². The van der Waals surface area contributed by atoms with E-state index in [4.69, 9.17) is 23.2 Å². The predicted octanol–water partition coefficient (Wildman–Crippen LogP) is 3.54. The topological polar surface area (TPSA) is 67.8 Å². The summed E-state index contributed by atoms with van der Waals surface area (Å²) in [5, 5.41) is 4.53. The smallest absolute Gasteiger partial charge is 0.337 e. The van der Waals surface area contributed by atoms with Gasteiger partial charge in [-0.25, -0.2) is 10.2 Å². The lowest BCUT2D eigenvalue weighted by atomic mass is 10.1. The molecule has 0 saturated heterocycles. The van der Waals surface area contributed by atoms with E-state index in [0.29, 0.717) is 16.1 Å². The van der Waals surface area contributed by atoms with Crippen molar-refractivity contribution in [1.82, 2.24) is 5.43 Å². The molecule has 0 radical (unpaired) electrons. The summed E-state index contributed by atoms with van der Waals surface area (Å²) in [5.74, 6) is -0.867. The van der Waals surface area contributed by atoms with Crippen LogP contribution in [0.15, 0.2) is 47.6 Å². The molecule has 23 heavy (non-hydrogen) atoms. The number of carbonyl (C=O) groups excluding carboxylic acids is 2. The van der Waals surface area contributed by atoms with E-state index in [1.54, 1.807) is 30.3 Å². The molecule has 0 atom stereocenters. The van der Waals surface area contributed by atoms with Crippen molar-refractivity contribution >= 4 is 41.3 Å². The second-order valence-corrected chi connectivity index (χ2v) is 5.28. The number of nitrogens with one attached hydrogen (secondary N) is 1. The maximum Gasteiger partial charge on any atom is 0.337 e. The molecule has 0 heterocycles. The maximum absolute atomic E-state index is 11.9. The molecule has 0 fully saturated rings. The normalized spacial score (nSPS) is 10.6. The number of ether oxygens (including phenoxy) is 1. The van der Waals surface area contributed by atoms with E-state index in [9.17, 15) is 9.59 Å². The molecule has 2 aromatic rings. The fraction of sp³-hybridized carbons (Fsp3) is 0.0625. The Kier molecular flexibility index (Phi) is 5.73. The van der Waals surface area contributed by atoms with Gasteiger partial charge in [-0.2, -0.15) is 5.10 Å². The van der Waals surface area contributed by atoms with Crippen LogP contribution < -0.4 is 5.43 Å². The van der Waals surface area contributed by atoms with Gasteiger partial charge in [0.05, 0.1) is 29.5 Å². The fourth-order valence-electron chi connectivity index (χ4n) is 1.72. The van der Waals surface area contributed by atoms with E-state index in [0.717, 1.165) is 0 Å². The minimum atomic E-state index is -0.450. The molecule has 0 bridgehead atoms. The van der Waals surface area contributed by atoms with Crippen molar-refractivity contribution < 1.29 is 14.3 Å². The van der Waals surface area contributed by atoms with Crippen molar-refractivity contribution in [2.24, 2.45) is 5.10 Å². The van der Waals surface area contributed by atoms with E-state index in [1.165, 1.54) is 25.5 Å². The van der Waals surface area contributed by atoms with Crippen LogP contribution in [0.5, 0.6) is 0 Å². The molecule has 2 rings (SSSR count). The average molecular weight is 351 g/mol. The van der Waals surface area contributed by atoms with E-state index >= 15 is 0 Å². The lowest BCUT2D eigenvalue weighted by Gasteiger charge is -2.03. The predicted molar refractivity (Wildman–Crippen MR) is 89.3 cm³/mol. The summed E-state index contributed by atoms with van der Waals surface area (Å²) in [4.78, 5) is 23.2. The molecule has 0 unspecified atom stereocenters. The molecule has 0 aliphatic heterocycles. The highest BCUT2D eigenvalue weighted by Crippen LogP contribution is 2.20. The molecular weight excluding hydrogens is 339 g/mol. The SMILES string of the molecule is COC(=O)c1ccc(/C=N/NC(=O)c2ccc(Cl)cc2Cl)cc1. The Morgan fingerprint density at radius 2 is 1.83 bits per heavy atom. The minimum absolute atomic E-state index is 0.243. The van der Waals surface area contributed by atoms with Crippen LogP contribution in [0, 0.1) is 0 Å². The number of hydrazone groups is 1. The number of nitrogens with zero attached hydrogens (tertiary/aromatic N) is 1. The molecule has 0 aliphatic carbocycles. The van der Waals surface area contributed by atoms with E-state index in [2.05, 4.69) is 15.3 Å².